The number of rotatable bonds is 28. The monoisotopic (exact) mass is 1140 g/mol. The number of esters is 1. The fourth-order valence-corrected chi connectivity index (χ4v) is 8.83. The molecule has 25 heteroatoms. The van der Waals surface area contributed by atoms with Crippen LogP contribution in [0.1, 0.15) is 173 Å². The van der Waals surface area contributed by atoms with E-state index in [0.717, 1.165) is 32.1 Å². The highest BCUT2D eigenvalue weighted by Gasteiger charge is 2.40. The van der Waals surface area contributed by atoms with Crippen LogP contribution in [-0.4, -0.2) is 165 Å². The molecule has 0 aliphatic carbocycles. The Hall–Kier alpha value is -5.95. The molecule has 458 valence electrons. The molecule has 0 spiro atoms. The Bertz CT molecular complexity index is 2040. The number of unbranched alkanes of at least 4 members (excludes halogenated alkanes) is 5. The Morgan fingerprint density at radius 1 is 0.550 bits per heavy atom. The number of amides is 9. The molecule has 80 heavy (non-hydrogen) atoms. The predicted octanol–water partition coefficient (Wildman–Crippen LogP) is 0.486. The molecular formula is C55H97N9O16. The third-order valence-electron chi connectivity index (χ3n) is 13.2. The summed E-state index contributed by atoms with van der Waals surface area (Å²) in [5.74, 6) is -13.0. The van der Waals surface area contributed by atoms with Gasteiger partial charge in [-0.1, -0.05) is 115 Å². The summed E-state index contributed by atoms with van der Waals surface area (Å²) >= 11 is 0. The first-order valence-corrected chi connectivity index (χ1v) is 28.5. The Morgan fingerprint density at radius 3 is 1.49 bits per heavy atom. The molecule has 1 rings (SSSR count). The van der Waals surface area contributed by atoms with Crippen molar-refractivity contribution in [3.05, 3.63) is 0 Å². The number of carboxylic acid groups (broad SMARTS) is 1. The van der Waals surface area contributed by atoms with Gasteiger partial charge in [-0.2, -0.15) is 0 Å². The zero-order chi connectivity index (χ0) is 61.0. The first-order chi connectivity index (χ1) is 37.4. The molecule has 0 aromatic rings. The number of carbonyl (C=O) groups is 11. The highest BCUT2D eigenvalue weighted by Crippen LogP contribution is 2.16. The number of hydrogen-bond donors (Lipinski definition) is 13. The summed E-state index contributed by atoms with van der Waals surface area (Å²) < 4.78 is 5.80. The minimum atomic E-state index is -1.95. The van der Waals surface area contributed by atoms with E-state index in [-0.39, 0.29) is 55.8 Å². The number of nitrogens with one attached hydrogen (secondary N) is 9. The van der Waals surface area contributed by atoms with E-state index in [9.17, 15) is 73.2 Å². The minimum absolute atomic E-state index is 0.00949. The van der Waals surface area contributed by atoms with E-state index in [1.165, 1.54) is 6.92 Å². The van der Waals surface area contributed by atoms with E-state index in [1.54, 1.807) is 69.2 Å². The normalized spacial score (nSPS) is 23.5. The highest BCUT2D eigenvalue weighted by atomic mass is 16.5. The van der Waals surface area contributed by atoms with Crippen molar-refractivity contribution in [2.24, 2.45) is 29.6 Å². The molecule has 1 heterocycles. The van der Waals surface area contributed by atoms with Crippen LogP contribution in [0.2, 0.25) is 0 Å². The lowest BCUT2D eigenvalue weighted by Crippen LogP contribution is -2.63. The molecule has 11 atom stereocenters. The average molecular weight is 1140 g/mol. The summed E-state index contributed by atoms with van der Waals surface area (Å²) in [5.41, 5.74) is 0. The molecule has 0 radical (unpaired) electrons. The second kappa shape index (κ2) is 37.1. The summed E-state index contributed by atoms with van der Waals surface area (Å²) in [5, 5.41) is 63.5. The average Bonchev–Trinajstić information content (AvgIpc) is 3.35. The van der Waals surface area contributed by atoms with Crippen molar-refractivity contribution in [1.29, 1.82) is 0 Å². The van der Waals surface area contributed by atoms with Crippen LogP contribution in [0.25, 0.3) is 0 Å². The van der Waals surface area contributed by atoms with Gasteiger partial charge in [0.15, 0.2) is 0 Å². The number of ether oxygens (including phenoxy) is 1. The van der Waals surface area contributed by atoms with E-state index in [1.807, 2.05) is 0 Å². The maximum Gasteiger partial charge on any atom is 0.328 e. The molecule has 0 saturated carbocycles. The van der Waals surface area contributed by atoms with Crippen molar-refractivity contribution in [2.75, 3.05) is 13.2 Å². The standard InChI is InChI=1S/C55H97N9O16/c1-13-14-15-16-17-18-19-35(67)26-43(68)56-37(22-29(2)3)48(72)57-36(20-21-44(69)70)47(71)64-46-34(12)80-55(79)40(25-32(8)9)60-52(76)42(28-66)62-49(73)38(23-30(4)5)58-51(75)41(27-65)61-50(74)39(24-31(6)7)59-53(77)45(33(10)11)63-54(46)78/h29-42,45-46,65-67H,13-28H2,1-12H3,(H,56,68)(H,57,72)(H,58,75)(H,59,77)(H,60,76)(H,61,74)(H,62,73)(H,63,78)(H,64,71)(H,69,70)/t34-,35-,36-,37+,38+,39+,40+,41-,42-,45-,46-/m1/s1. The Morgan fingerprint density at radius 2 is 1.01 bits per heavy atom. The summed E-state index contributed by atoms with van der Waals surface area (Å²) in [7, 11) is 0. The summed E-state index contributed by atoms with van der Waals surface area (Å²) in [4.78, 5) is 152. The first kappa shape index (κ1) is 72.1. The molecule has 25 nitrogen and oxygen atoms in total. The van der Waals surface area contributed by atoms with E-state index in [0.29, 0.717) is 12.8 Å². The topological polar surface area (TPSA) is 386 Å². The zero-order valence-electron chi connectivity index (χ0n) is 49.2. The van der Waals surface area contributed by atoms with Gasteiger partial charge in [-0.05, 0) is 75.0 Å². The number of carboxylic acids is 1. The van der Waals surface area contributed by atoms with Crippen LogP contribution >= 0.6 is 0 Å². The van der Waals surface area contributed by atoms with Crippen molar-refractivity contribution in [1.82, 2.24) is 47.9 Å². The number of cyclic esters (lactones) is 1. The number of aliphatic hydroxyl groups is 3. The van der Waals surface area contributed by atoms with Crippen molar-refractivity contribution < 1.29 is 77.9 Å². The van der Waals surface area contributed by atoms with E-state index < -0.39 is 164 Å². The number of carbonyl (C=O) groups excluding carboxylic acids is 10. The van der Waals surface area contributed by atoms with Crippen LogP contribution in [0.15, 0.2) is 0 Å². The number of aliphatic carboxylic acids is 1. The van der Waals surface area contributed by atoms with Crippen LogP contribution in [0.3, 0.4) is 0 Å². The van der Waals surface area contributed by atoms with Gasteiger partial charge in [-0.25, -0.2) is 4.79 Å². The molecule has 13 N–H and O–H groups in total. The molecule has 9 amide bonds. The van der Waals surface area contributed by atoms with E-state index in [2.05, 4.69) is 54.8 Å². The van der Waals surface area contributed by atoms with Gasteiger partial charge in [0.25, 0.3) is 0 Å². The molecule has 0 unspecified atom stereocenters. The van der Waals surface area contributed by atoms with E-state index >= 15 is 0 Å². The van der Waals surface area contributed by atoms with Gasteiger partial charge >= 0.3 is 11.9 Å². The fraction of sp³-hybridized carbons (Fsp3) is 0.800. The molecule has 1 saturated heterocycles. The van der Waals surface area contributed by atoms with Crippen LogP contribution in [-0.2, 0) is 57.5 Å². The van der Waals surface area contributed by atoms with Gasteiger partial charge in [0.1, 0.15) is 60.5 Å². The van der Waals surface area contributed by atoms with Gasteiger partial charge in [-0.15, -0.1) is 0 Å². The molecule has 0 aromatic carbocycles. The Kier molecular flexibility index (Phi) is 33.5. The summed E-state index contributed by atoms with van der Waals surface area (Å²) in [6, 6.07) is -14.1. The van der Waals surface area contributed by atoms with Crippen LogP contribution in [0, 0.1) is 29.6 Å². The number of hydrogen-bond acceptors (Lipinski definition) is 15. The smallest absolute Gasteiger partial charge is 0.328 e. The van der Waals surface area contributed by atoms with Crippen molar-refractivity contribution in [3.63, 3.8) is 0 Å². The van der Waals surface area contributed by atoms with Crippen LogP contribution in [0.4, 0.5) is 0 Å². The zero-order valence-corrected chi connectivity index (χ0v) is 49.2. The van der Waals surface area contributed by atoms with Gasteiger partial charge in [-0.3, -0.25) is 47.9 Å². The molecule has 0 aromatic heterocycles. The van der Waals surface area contributed by atoms with Crippen molar-refractivity contribution >= 4 is 65.1 Å². The fourth-order valence-electron chi connectivity index (χ4n) is 8.83. The largest absolute Gasteiger partial charge is 0.481 e. The second-order valence-corrected chi connectivity index (χ2v) is 23.1. The Balaban J connectivity index is 3.95. The molecule has 1 aliphatic heterocycles. The quantitative estimate of drug-likeness (QED) is 0.0374. The molecule has 1 aliphatic rings. The summed E-state index contributed by atoms with van der Waals surface area (Å²) in [6.07, 6.45) is 1.92. The molecule has 0 bridgehead atoms. The lowest BCUT2D eigenvalue weighted by atomic mass is 9.98. The third kappa shape index (κ3) is 27.5. The third-order valence-corrected chi connectivity index (χ3v) is 13.2. The molecule has 1 fully saturated rings. The van der Waals surface area contributed by atoms with Crippen LogP contribution < -0.4 is 47.9 Å². The van der Waals surface area contributed by atoms with Crippen LogP contribution in [0.5, 0.6) is 0 Å². The van der Waals surface area contributed by atoms with Gasteiger partial charge in [0.2, 0.25) is 53.2 Å². The first-order valence-electron chi connectivity index (χ1n) is 28.5. The maximum absolute atomic E-state index is 14.7. The minimum Gasteiger partial charge on any atom is -0.481 e. The van der Waals surface area contributed by atoms with Crippen molar-refractivity contribution in [2.45, 2.75) is 240 Å². The highest BCUT2D eigenvalue weighted by molar-refractivity contribution is 5.99. The second-order valence-electron chi connectivity index (χ2n) is 23.1. The van der Waals surface area contributed by atoms with Gasteiger partial charge < -0.3 is 73.0 Å². The van der Waals surface area contributed by atoms with Gasteiger partial charge in [0, 0.05) is 6.42 Å². The van der Waals surface area contributed by atoms with Gasteiger partial charge in [0.05, 0.1) is 25.7 Å². The lowest BCUT2D eigenvalue weighted by Gasteiger charge is -2.32. The number of aliphatic hydroxyl groups excluding tert-OH is 3. The predicted molar refractivity (Wildman–Crippen MR) is 295 cm³/mol. The lowest BCUT2D eigenvalue weighted by molar-refractivity contribution is -0.157. The summed E-state index contributed by atoms with van der Waals surface area (Å²) in [6.45, 7) is 18.4. The Labute approximate surface area is 471 Å². The van der Waals surface area contributed by atoms with Crippen molar-refractivity contribution in [3.8, 4) is 0 Å². The maximum atomic E-state index is 14.7. The molecular weight excluding hydrogens is 1040 g/mol. The SMILES string of the molecule is CCCCCCCC[C@@H](O)CC(=O)N[C@@H](CC(C)C)C(=O)N[C@H](CCC(=O)O)C(=O)N[C@H]1C(=O)N[C@H](C(C)C)C(=O)N[C@@H](CC(C)C)C(=O)N[C@H](CO)C(=O)N[C@@H](CC(C)C)C(=O)N[C@H](CO)C(=O)N[C@@H](CC(C)C)C(=O)O[C@@H]1C. The van der Waals surface area contributed by atoms with E-state index in [4.69, 9.17) is 4.74 Å².